The second kappa shape index (κ2) is 7.98. The van der Waals surface area contributed by atoms with Crippen molar-refractivity contribution in [2.24, 2.45) is 0 Å². The second-order valence-electron chi connectivity index (χ2n) is 6.59. The van der Waals surface area contributed by atoms with Crippen LogP contribution in [0, 0.1) is 0 Å². The maximum Gasteiger partial charge on any atom is 0.274 e. The van der Waals surface area contributed by atoms with Crippen LogP contribution in [-0.4, -0.2) is 25.0 Å². The van der Waals surface area contributed by atoms with E-state index in [9.17, 15) is 9.59 Å². The fourth-order valence-corrected chi connectivity index (χ4v) is 3.65. The molecule has 7 heteroatoms. The molecule has 0 saturated carbocycles. The monoisotopic (exact) mass is 387 g/mol. The number of fused-ring (bicyclic) bond motifs is 1. The predicted molar refractivity (Wildman–Crippen MR) is 106 cm³/mol. The SMILES string of the molecule is CONC(=O)c1ccc2c(c1)C(Nc1ccc(Cl)cc1)CC(C)N2C(C)=O. The Morgan fingerprint density at radius 1 is 1.19 bits per heavy atom. The van der Waals surface area contributed by atoms with Crippen LogP contribution in [0.4, 0.5) is 11.4 Å². The van der Waals surface area contributed by atoms with Crippen LogP contribution in [0.2, 0.25) is 5.02 Å². The molecule has 2 N–H and O–H groups in total. The number of carbonyl (C=O) groups is 2. The average molecular weight is 388 g/mol. The number of benzene rings is 2. The number of carbonyl (C=O) groups excluding carboxylic acids is 2. The molecule has 0 radical (unpaired) electrons. The number of hydrogen-bond donors (Lipinski definition) is 2. The van der Waals surface area contributed by atoms with Crippen molar-refractivity contribution in [1.29, 1.82) is 0 Å². The molecule has 0 aromatic heterocycles. The van der Waals surface area contributed by atoms with Crippen molar-refractivity contribution in [3.05, 3.63) is 58.6 Å². The Morgan fingerprint density at radius 3 is 2.52 bits per heavy atom. The van der Waals surface area contributed by atoms with Gasteiger partial charge in [-0.1, -0.05) is 11.6 Å². The smallest absolute Gasteiger partial charge is 0.274 e. The van der Waals surface area contributed by atoms with E-state index in [1.54, 1.807) is 24.0 Å². The highest BCUT2D eigenvalue weighted by Crippen LogP contribution is 2.39. The summed E-state index contributed by atoms with van der Waals surface area (Å²) in [5.74, 6) is -0.360. The topological polar surface area (TPSA) is 70.7 Å². The second-order valence-corrected chi connectivity index (χ2v) is 7.02. The molecular formula is C20H22ClN3O3. The molecule has 2 atom stereocenters. The van der Waals surface area contributed by atoms with Crippen molar-refractivity contribution in [2.75, 3.05) is 17.3 Å². The van der Waals surface area contributed by atoms with Gasteiger partial charge in [0.15, 0.2) is 0 Å². The van der Waals surface area contributed by atoms with Crippen LogP contribution in [0.25, 0.3) is 0 Å². The van der Waals surface area contributed by atoms with Crippen LogP contribution in [-0.2, 0) is 9.63 Å². The van der Waals surface area contributed by atoms with E-state index in [1.165, 1.54) is 7.11 Å². The lowest BCUT2D eigenvalue weighted by Crippen LogP contribution is -2.43. The van der Waals surface area contributed by atoms with Gasteiger partial charge in [0.1, 0.15) is 0 Å². The number of nitrogens with zero attached hydrogens (tertiary/aromatic N) is 1. The summed E-state index contributed by atoms with van der Waals surface area (Å²) in [6, 6.07) is 12.7. The van der Waals surface area contributed by atoms with Gasteiger partial charge in [-0.15, -0.1) is 0 Å². The Kier molecular flexibility index (Phi) is 5.68. The highest BCUT2D eigenvalue weighted by Gasteiger charge is 2.33. The zero-order chi connectivity index (χ0) is 19.6. The Morgan fingerprint density at radius 2 is 1.89 bits per heavy atom. The maximum atomic E-state index is 12.2. The minimum atomic E-state index is -0.335. The van der Waals surface area contributed by atoms with Gasteiger partial charge in [0.25, 0.3) is 5.91 Å². The molecule has 0 fully saturated rings. The van der Waals surface area contributed by atoms with Crippen LogP contribution in [0.3, 0.4) is 0 Å². The number of nitrogens with one attached hydrogen (secondary N) is 2. The Bertz CT molecular complexity index is 854. The summed E-state index contributed by atoms with van der Waals surface area (Å²) in [5.41, 5.74) is 5.42. The molecule has 2 unspecified atom stereocenters. The van der Waals surface area contributed by atoms with Gasteiger partial charge in [0.2, 0.25) is 5.91 Å². The predicted octanol–water partition coefficient (Wildman–Crippen LogP) is 3.93. The van der Waals surface area contributed by atoms with E-state index in [-0.39, 0.29) is 23.9 Å². The summed E-state index contributed by atoms with van der Waals surface area (Å²) in [6.45, 7) is 3.57. The van der Waals surface area contributed by atoms with E-state index in [4.69, 9.17) is 16.4 Å². The van der Waals surface area contributed by atoms with Gasteiger partial charge < -0.3 is 10.2 Å². The van der Waals surface area contributed by atoms with E-state index in [2.05, 4.69) is 10.8 Å². The Labute approximate surface area is 163 Å². The van der Waals surface area contributed by atoms with Crippen molar-refractivity contribution >= 4 is 34.8 Å². The standard InChI is InChI=1S/C20H22ClN3O3/c1-12-10-18(22-16-7-5-15(21)6-8-16)17-11-14(20(26)23-27-3)4-9-19(17)24(12)13(2)25/h4-9,11-12,18,22H,10H2,1-3H3,(H,23,26). The fourth-order valence-electron chi connectivity index (χ4n) is 3.52. The van der Waals surface area contributed by atoms with Gasteiger partial charge in [0, 0.05) is 34.9 Å². The molecule has 2 amide bonds. The van der Waals surface area contributed by atoms with Gasteiger partial charge in [-0.25, -0.2) is 5.48 Å². The first-order valence-corrected chi connectivity index (χ1v) is 9.07. The third kappa shape index (κ3) is 4.07. The molecule has 1 aliphatic rings. The van der Waals surface area contributed by atoms with Crippen LogP contribution in [0.15, 0.2) is 42.5 Å². The summed E-state index contributed by atoms with van der Waals surface area (Å²) >= 11 is 5.97. The minimum Gasteiger partial charge on any atom is -0.378 e. The number of amides is 2. The first-order chi connectivity index (χ1) is 12.9. The lowest BCUT2D eigenvalue weighted by Gasteiger charge is -2.39. The largest absolute Gasteiger partial charge is 0.378 e. The van der Waals surface area contributed by atoms with E-state index in [1.807, 2.05) is 37.3 Å². The number of hydrogen-bond acceptors (Lipinski definition) is 4. The quantitative estimate of drug-likeness (QED) is 0.780. The lowest BCUT2D eigenvalue weighted by molar-refractivity contribution is -0.117. The van der Waals surface area contributed by atoms with Crippen molar-refractivity contribution < 1.29 is 14.4 Å². The van der Waals surface area contributed by atoms with Gasteiger partial charge in [-0.05, 0) is 61.4 Å². The van der Waals surface area contributed by atoms with Crippen molar-refractivity contribution in [3.8, 4) is 0 Å². The minimum absolute atomic E-state index is 0.0252. The van der Waals surface area contributed by atoms with Crippen LogP contribution in [0.1, 0.15) is 42.2 Å². The molecule has 1 heterocycles. The summed E-state index contributed by atoms with van der Waals surface area (Å²) in [5, 5.41) is 4.16. The third-order valence-electron chi connectivity index (χ3n) is 4.66. The van der Waals surface area contributed by atoms with E-state index >= 15 is 0 Å². The number of hydroxylamine groups is 1. The molecule has 0 bridgehead atoms. The maximum absolute atomic E-state index is 12.2. The molecule has 1 aliphatic heterocycles. The zero-order valence-corrected chi connectivity index (χ0v) is 16.2. The summed E-state index contributed by atoms with van der Waals surface area (Å²) in [6.07, 6.45) is 0.713. The van der Waals surface area contributed by atoms with E-state index in [0.29, 0.717) is 17.0 Å². The van der Waals surface area contributed by atoms with Crippen LogP contribution >= 0.6 is 11.6 Å². The molecule has 0 saturated heterocycles. The third-order valence-corrected chi connectivity index (χ3v) is 4.91. The molecule has 27 heavy (non-hydrogen) atoms. The summed E-state index contributed by atoms with van der Waals surface area (Å²) in [7, 11) is 1.39. The number of anilines is 2. The Balaban J connectivity index is 2.01. The fraction of sp³-hybridized carbons (Fsp3) is 0.300. The summed E-state index contributed by atoms with van der Waals surface area (Å²) < 4.78 is 0. The number of rotatable bonds is 4. The van der Waals surface area contributed by atoms with Crippen LogP contribution in [0.5, 0.6) is 0 Å². The highest BCUT2D eigenvalue weighted by molar-refractivity contribution is 6.30. The van der Waals surface area contributed by atoms with Crippen molar-refractivity contribution in [3.63, 3.8) is 0 Å². The molecule has 142 valence electrons. The molecule has 2 aromatic rings. The van der Waals surface area contributed by atoms with Gasteiger partial charge in [-0.3, -0.25) is 14.4 Å². The highest BCUT2D eigenvalue weighted by atomic mass is 35.5. The Hall–Kier alpha value is -2.57. The first-order valence-electron chi connectivity index (χ1n) is 8.70. The van der Waals surface area contributed by atoms with Crippen molar-refractivity contribution in [2.45, 2.75) is 32.4 Å². The molecule has 3 rings (SSSR count). The first kappa shape index (κ1) is 19.2. The van der Waals surface area contributed by atoms with Gasteiger partial charge in [0.05, 0.1) is 13.2 Å². The average Bonchev–Trinajstić information content (AvgIpc) is 2.63. The molecule has 6 nitrogen and oxygen atoms in total. The van der Waals surface area contributed by atoms with Crippen LogP contribution < -0.4 is 15.7 Å². The summed E-state index contributed by atoms with van der Waals surface area (Å²) in [4.78, 5) is 30.8. The van der Waals surface area contributed by atoms with Gasteiger partial charge >= 0.3 is 0 Å². The lowest BCUT2D eigenvalue weighted by atomic mass is 9.90. The van der Waals surface area contributed by atoms with E-state index in [0.717, 1.165) is 16.9 Å². The van der Waals surface area contributed by atoms with Crippen molar-refractivity contribution in [1.82, 2.24) is 5.48 Å². The normalized spacial score (nSPS) is 18.6. The van der Waals surface area contributed by atoms with Gasteiger partial charge in [-0.2, -0.15) is 0 Å². The molecule has 0 aliphatic carbocycles. The molecule has 2 aromatic carbocycles. The van der Waals surface area contributed by atoms with E-state index < -0.39 is 0 Å². The molecular weight excluding hydrogens is 366 g/mol. The zero-order valence-electron chi connectivity index (χ0n) is 15.5. The molecule has 0 spiro atoms. The number of halogens is 1.